The Hall–Kier alpha value is -1.66. The van der Waals surface area contributed by atoms with Crippen LogP contribution in [0.3, 0.4) is 0 Å². The predicted octanol–water partition coefficient (Wildman–Crippen LogP) is -0.0617. The number of nitrogens with two attached hydrogens (primary N) is 1. The first kappa shape index (κ1) is 13.4. The van der Waals surface area contributed by atoms with E-state index in [-0.39, 0.29) is 23.7 Å². The molecule has 2 unspecified atom stereocenters. The molecule has 0 radical (unpaired) electrons. The highest BCUT2D eigenvalue weighted by atomic mass is 19.1. The number of carbonyl (C=O) groups excluding carboxylic acids is 1. The van der Waals surface area contributed by atoms with Crippen LogP contribution in [-0.4, -0.2) is 28.8 Å². The monoisotopic (exact) mass is 242 g/mol. The number of aliphatic hydroxyl groups is 2. The molecule has 0 aromatic heterocycles. The molecule has 1 rings (SSSR count). The summed E-state index contributed by atoms with van der Waals surface area (Å²) in [7, 11) is 0. The van der Waals surface area contributed by atoms with Crippen LogP contribution in [0, 0.1) is 5.82 Å². The second-order valence-electron chi connectivity index (χ2n) is 3.73. The number of benzene rings is 1. The highest BCUT2D eigenvalue weighted by molar-refractivity contribution is 5.72. The first-order valence-corrected chi connectivity index (χ1v) is 5.07. The quantitative estimate of drug-likeness (QED) is 0.556. The van der Waals surface area contributed by atoms with Gasteiger partial charge in [0.25, 0.3) is 0 Å². The van der Waals surface area contributed by atoms with Crippen LogP contribution in [0.25, 0.3) is 0 Å². The highest BCUT2D eigenvalue weighted by Crippen LogP contribution is 2.21. The molecule has 1 aromatic carbocycles. The molecule has 0 heterocycles. The summed E-state index contributed by atoms with van der Waals surface area (Å²) in [4.78, 5) is 10.6. The second kappa shape index (κ2) is 5.60. The van der Waals surface area contributed by atoms with Gasteiger partial charge in [0, 0.05) is 24.7 Å². The number of amides is 1. The number of halogens is 1. The smallest absolute Gasteiger partial charge is 0.216 e. The van der Waals surface area contributed by atoms with Crippen molar-refractivity contribution in [3.05, 3.63) is 29.6 Å². The van der Waals surface area contributed by atoms with E-state index in [9.17, 15) is 19.4 Å². The van der Waals surface area contributed by atoms with Crippen LogP contribution < -0.4 is 11.1 Å². The van der Waals surface area contributed by atoms with E-state index in [1.807, 2.05) is 0 Å². The maximum absolute atomic E-state index is 13.4. The van der Waals surface area contributed by atoms with Crippen LogP contribution >= 0.6 is 0 Å². The fourth-order valence-electron chi connectivity index (χ4n) is 1.35. The molecule has 0 fully saturated rings. The third kappa shape index (κ3) is 3.69. The van der Waals surface area contributed by atoms with Crippen LogP contribution in [0.2, 0.25) is 0 Å². The summed E-state index contributed by atoms with van der Waals surface area (Å²) in [5, 5.41) is 21.6. The molecule has 6 heteroatoms. The van der Waals surface area contributed by atoms with Crippen molar-refractivity contribution in [2.75, 3.05) is 12.3 Å². The Labute approximate surface area is 98.1 Å². The molecule has 5 nitrogen and oxygen atoms in total. The first-order chi connectivity index (χ1) is 7.91. The number of hydrogen-bond donors (Lipinski definition) is 4. The van der Waals surface area contributed by atoms with Crippen LogP contribution in [-0.2, 0) is 4.79 Å². The SMILES string of the molecule is CC(=O)NCC(O)C(O)c1ccc(N)cc1F. The van der Waals surface area contributed by atoms with Crippen molar-refractivity contribution in [1.29, 1.82) is 0 Å². The summed E-state index contributed by atoms with van der Waals surface area (Å²) >= 11 is 0. The van der Waals surface area contributed by atoms with Gasteiger partial charge in [0.1, 0.15) is 18.0 Å². The van der Waals surface area contributed by atoms with Gasteiger partial charge in [-0.3, -0.25) is 4.79 Å². The molecular formula is C11H15FN2O3. The van der Waals surface area contributed by atoms with Gasteiger partial charge in [-0.15, -0.1) is 0 Å². The Balaban J connectivity index is 2.74. The zero-order chi connectivity index (χ0) is 13.0. The minimum absolute atomic E-state index is 0.0583. The Bertz CT molecular complexity index is 412. The summed E-state index contributed by atoms with van der Waals surface area (Å²) in [6, 6.07) is 3.78. The van der Waals surface area contributed by atoms with E-state index in [0.29, 0.717) is 0 Å². The van der Waals surface area contributed by atoms with Crippen molar-refractivity contribution >= 4 is 11.6 Å². The maximum Gasteiger partial charge on any atom is 0.216 e. The van der Waals surface area contributed by atoms with E-state index in [2.05, 4.69) is 5.32 Å². The number of carbonyl (C=O) groups is 1. The predicted molar refractivity (Wildman–Crippen MR) is 60.5 cm³/mol. The standard InChI is InChI=1S/C11H15FN2O3/c1-6(15)14-5-10(16)11(17)8-3-2-7(13)4-9(8)12/h2-4,10-11,16-17H,5,13H2,1H3,(H,14,15). The van der Waals surface area contributed by atoms with Crippen LogP contribution in [0.1, 0.15) is 18.6 Å². The van der Waals surface area contributed by atoms with Crippen LogP contribution in [0.4, 0.5) is 10.1 Å². The van der Waals surface area contributed by atoms with E-state index < -0.39 is 18.0 Å². The lowest BCUT2D eigenvalue weighted by Crippen LogP contribution is -2.34. The summed E-state index contributed by atoms with van der Waals surface area (Å²) in [6.07, 6.45) is -2.69. The first-order valence-electron chi connectivity index (χ1n) is 5.07. The molecule has 1 aromatic rings. The fraction of sp³-hybridized carbons (Fsp3) is 0.364. The minimum Gasteiger partial charge on any atom is -0.399 e. The van der Waals surface area contributed by atoms with Crippen molar-refractivity contribution in [3.8, 4) is 0 Å². The molecule has 2 atom stereocenters. The van der Waals surface area contributed by atoms with E-state index in [1.165, 1.54) is 19.1 Å². The summed E-state index contributed by atoms with van der Waals surface area (Å²) in [6.45, 7) is 1.13. The van der Waals surface area contributed by atoms with Gasteiger partial charge in [0.15, 0.2) is 0 Å². The zero-order valence-electron chi connectivity index (χ0n) is 9.35. The summed E-state index contributed by atoms with van der Waals surface area (Å²) in [5.41, 5.74) is 5.53. The zero-order valence-corrected chi connectivity index (χ0v) is 9.35. The summed E-state index contributed by atoms with van der Waals surface area (Å²) < 4.78 is 13.4. The lowest BCUT2D eigenvalue weighted by Gasteiger charge is -2.19. The number of nitrogens with one attached hydrogen (secondary N) is 1. The van der Waals surface area contributed by atoms with E-state index in [0.717, 1.165) is 6.07 Å². The van der Waals surface area contributed by atoms with Gasteiger partial charge in [0.05, 0.1) is 0 Å². The number of nitrogen functional groups attached to an aromatic ring is 1. The van der Waals surface area contributed by atoms with E-state index in [1.54, 1.807) is 0 Å². The molecule has 0 aliphatic heterocycles. The molecule has 0 saturated carbocycles. The number of rotatable bonds is 4. The molecule has 5 N–H and O–H groups in total. The van der Waals surface area contributed by atoms with Gasteiger partial charge in [-0.25, -0.2) is 4.39 Å². The number of aliphatic hydroxyl groups excluding tert-OH is 2. The van der Waals surface area contributed by atoms with Gasteiger partial charge < -0.3 is 21.3 Å². The Morgan fingerprint density at radius 1 is 1.53 bits per heavy atom. The van der Waals surface area contributed by atoms with Gasteiger partial charge in [-0.2, -0.15) is 0 Å². The van der Waals surface area contributed by atoms with E-state index >= 15 is 0 Å². The highest BCUT2D eigenvalue weighted by Gasteiger charge is 2.21. The minimum atomic E-state index is -1.41. The largest absolute Gasteiger partial charge is 0.399 e. The third-order valence-electron chi connectivity index (χ3n) is 2.27. The fourth-order valence-corrected chi connectivity index (χ4v) is 1.35. The summed E-state index contributed by atoms with van der Waals surface area (Å²) in [5.74, 6) is -1.03. The topological polar surface area (TPSA) is 95.6 Å². The molecule has 0 aliphatic carbocycles. The Morgan fingerprint density at radius 3 is 2.71 bits per heavy atom. The number of hydrogen-bond acceptors (Lipinski definition) is 4. The molecule has 94 valence electrons. The molecule has 1 amide bonds. The molecule has 0 spiro atoms. The Kier molecular flexibility index (Phi) is 4.42. The number of anilines is 1. The molecule has 0 saturated heterocycles. The molecular weight excluding hydrogens is 227 g/mol. The average molecular weight is 242 g/mol. The van der Waals surface area contributed by atoms with Crippen molar-refractivity contribution in [2.24, 2.45) is 0 Å². The van der Waals surface area contributed by atoms with Crippen molar-refractivity contribution in [3.63, 3.8) is 0 Å². The maximum atomic E-state index is 13.4. The van der Waals surface area contributed by atoms with Gasteiger partial charge in [-0.1, -0.05) is 6.07 Å². The lowest BCUT2D eigenvalue weighted by molar-refractivity contribution is -0.119. The van der Waals surface area contributed by atoms with Crippen molar-refractivity contribution in [1.82, 2.24) is 5.32 Å². The van der Waals surface area contributed by atoms with Crippen molar-refractivity contribution < 1.29 is 19.4 Å². The second-order valence-corrected chi connectivity index (χ2v) is 3.73. The molecule has 0 bridgehead atoms. The van der Waals surface area contributed by atoms with Crippen LogP contribution in [0.5, 0.6) is 0 Å². The van der Waals surface area contributed by atoms with Gasteiger partial charge >= 0.3 is 0 Å². The van der Waals surface area contributed by atoms with Crippen LogP contribution in [0.15, 0.2) is 18.2 Å². The van der Waals surface area contributed by atoms with Crippen molar-refractivity contribution in [2.45, 2.75) is 19.1 Å². The lowest BCUT2D eigenvalue weighted by atomic mass is 10.0. The van der Waals surface area contributed by atoms with E-state index in [4.69, 9.17) is 5.73 Å². The molecule has 17 heavy (non-hydrogen) atoms. The third-order valence-corrected chi connectivity index (χ3v) is 2.27. The Morgan fingerprint density at radius 2 is 2.18 bits per heavy atom. The average Bonchev–Trinajstić information content (AvgIpc) is 2.25. The molecule has 0 aliphatic rings. The normalized spacial score (nSPS) is 14.1. The van der Waals surface area contributed by atoms with Gasteiger partial charge in [-0.05, 0) is 12.1 Å². The van der Waals surface area contributed by atoms with Gasteiger partial charge in [0.2, 0.25) is 5.91 Å².